The molecule has 0 aromatic carbocycles. The molecule has 2 aliphatic rings. The molecule has 0 bridgehead atoms. The van der Waals surface area contributed by atoms with Gasteiger partial charge in [-0.05, 0) is 32.1 Å². The summed E-state index contributed by atoms with van der Waals surface area (Å²) in [7, 11) is 0. The van der Waals surface area contributed by atoms with Gasteiger partial charge in [-0.2, -0.15) is 0 Å². The lowest BCUT2D eigenvalue weighted by molar-refractivity contribution is -0.359. The summed E-state index contributed by atoms with van der Waals surface area (Å²) in [5.74, 6) is -0.248. The van der Waals surface area contributed by atoms with Crippen LogP contribution in [0.2, 0.25) is 0 Å². The van der Waals surface area contributed by atoms with E-state index in [1.807, 2.05) is 6.08 Å². The number of ether oxygens (including phenoxy) is 4. The monoisotopic (exact) mass is 1030 g/mol. The summed E-state index contributed by atoms with van der Waals surface area (Å²) in [5, 5.41) is 86.7. The first-order valence-electron chi connectivity index (χ1n) is 29.6. The van der Waals surface area contributed by atoms with E-state index in [9.17, 15) is 45.6 Å². The van der Waals surface area contributed by atoms with Crippen molar-refractivity contribution in [1.29, 1.82) is 0 Å². The average molecular weight is 1030 g/mol. The maximum Gasteiger partial charge on any atom is 0.220 e. The normalized spacial score (nSPS) is 25.7. The highest BCUT2D eigenvalue weighted by atomic mass is 16.7. The van der Waals surface area contributed by atoms with E-state index in [1.165, 1.54) is 173 Å². The quantitative estimate of drug-likeness (QED) is 0.0205. The third kappa shape index (κ3) is 30.3. The number of nitrogens with one attached hydrogen (secondary N) is 1. The Morgan fingerprint density at radius 2 is 0.889 bits per heavy atom. The Hall–Kier alpha value is -1.53. The third-order valence-corrected chi connectivity index (χ3v) is 14.6. The van der Waals surface area contributed by atoms with Crippen LogP contribution in [0.15, 0.2) is 24.3 Å². The van der Waals surface area contributed by atoms with Gasteiger partial charge in [0.1, 0.15) is 48.8 Å². The molecular formula is C58H109NO13. The molecule has 12 unspecified atom stereocenters. The van der Waals surface area contributed by atoms with Gasteiger partial charge in [-0.1, -0.05) is 231 Å². The molecule has 9 N–H and O–H groups in total. The molecule has 14 nitrogen and oxygen atoms in total. The Labute approximate surface area is 437 Å². The minimum Gasteiger partial charge on any atom is -0.394 e. The van der Waals surface area contributed by atoms with E-state index in [2.05, 4.69) is 31.3 Å². The van der Waals surface area contributed by atoms with Gasteiger partial charge in [0.05, 0.1) is 32.0 Å². The Morgan fingerprint density at radius 3 is 1.36 bits per heavy atom. The molecule has 0 saturated carbocycles. The highest BCUT2D eigenvalue weighted by Crippen LogP contribution is 2.30. The number of hydrogen-bond acceptors (Lipinski definition) is 13. The van der Waals surface area contributed by atoms with Gasteiger partial charge in [0.2, 0.25) is 5.91 Å². The molecule has 1 amide bonds. The Morgan fingerprint density at radius 1 is 0.486 bits per heavy atom. The molecular weight excluding hydrogens is 919 g/mol. The summed E-state index contributed by atoms with van der Waals surface area (Å²) >= 11 is 0. The molecule has 2 aliphatic heterocycles. The SMILES string of the molecule is CCCCC/C=C/CC/C=C/C(O)C(COC1OC(CO)C(OC2OC(CO)C(O)C(O)C2O)C(O)C1O)NC(=O)CCCCCCCCCCCCCCCCCCCCCCCCCCCCCCC. The van der Waals surface area contributed by atoms with Crippen molar-refractivity contribution in [3.8, 4) is 0 Å². The highest BCUT2D eigenvalue weighted by Gasteiger charge is 2.51. The topological polar surface area (TPSA) is 228 Å². The average Bonchev–Trinajstić information content (AvgIpc) is 3.38. The fraction of sp³-hybridized carbons (Fsp3) is 0.914. The Kier molecular flexibility index (Phi) is 41.2. The van der Waals surface area contributed by atoms with Gasteiger partial charge < -0.3 is 65.1 Å². The van der Waals surface area contributed by atoms with E-state index in [4.69, 9.17) is 18.9 Å². The molecule has 0 aliphatic carbocycles. The van der Waals surface area contributed by atoms with Crippen LogP contribution in [-0.4, -0.2) is 140 Å². The number of aliphatic hydroxyl groups excluding tert-OH is 8. The Balaban J connectivity index is 1.63. The van der Waals surface area contributed by atoms with Gasteiger partial charge >= 0.3 is 0 Å². The lowest BCUT2D eigenvalue weighted by Gasteiger charge is -2.46. The van der Waals surface area contributed by atoms with Crippen molar-refractivity contribution in [3.05, 3.63) is 24.3 Å². The van der Waals surface area contributed by atoms with Crippen LogP contribution in [0.3, 0.4) is 0 Å². The number of allylic oxidation sites excluding steroid dienone is 3. The second kappa shape index (κ2) is 44.6. The molecule has 72 heavy (non-hydrogen) atoms. The molecule has 12 atom stereocenters. The van der Waals surface area contributed by atoms with Crippen LogP contribution in [-0.2, 0) is 23.7 Å². The first-order valence-corrected chi connectivity index (χ1v) is 29.6. The first-order chi connectivity index (χ1) is 35.1. The maximum absolute atomic E-state index is 13.2. The van der Waals surface area contributed by atoms with E-state index in [0.717, 1.165) is 38.5 Å². The second-order valence-electron chi connectivity index (χ2n) is 21.1. The number of unbranched alkanes of at least 4 members (excludes halogenated alkanes) is 32. The molecule has 0 aromatic rings. The minimum atomic E-state index is -1.79. The van der Waals surface area contributed by atoms with Gasteiger partial charge in [0.15, 0.2) is 12.6 Å². The van der Waals surface area contributed by atoms with Gasteiger partial charge in [-0.15, -0.1) is 0 Å². The van der Waals surface area contributed by atoms with Crippen molar-refractivity contribution in [3.63, 3.8) is 0 Å². The van der Waals surface area contributed by atoms with Crippen LogP contribution in [0.1, 0.15) is 245 Å². The summed E-state index contributed by atoms with van der Waals surface area (Å²) in [6, 6.07) is -0.925. The fourth-order valence-electron chi connectivity index (χ4n) is 9.84. The molecule has 2 saturated heterocycles. The number of carbonyl (C=O) groups is 1. The zero-order chi connectivity index (χ0) is 52.4. The summed E-state index contributed by atoms with van der Waals surface area (Å²) in [6.45, 7) is 2.73. The number of rotatable bonds is 47. The van der Waals surface area contributed by atoms with Crippen molar-refractivity contribution < 1.29 is 64.6 Å². The van der Waals surface area contributed by atoms with E-state index < -0.39 is 86.8 Å². The van der Waals surface area contributed by atoms with Gasteiger partial charge in [-0.25, -0.2) is 0 Å². The van der Waals surface area contributed by atoms with E-state index in [-0.39, 0.29) is 18.9 Å². The molecule has 14 heteroatoms. The number of hydrogen-bond donors (Lipinski definition) is 9. The molecule has 2 heterocycles. The van der Waals surface area contributed by atoms with Crippen molar-refractivity contribution in [2.24, 2.45) is 0 Å². The summed E-state index contributed by atoms with van der Waals surface area (Å²) < 4.78 is 22.7. The van der Waals surface area contributed by atoms with E-state index in [0.29, 0.717) is 12.8 Å². The summed E-state index contributed by atoms with van der Waals surface area (Å²) in [4.78, 5) is 13.2. The number of aliphatic hydroxyl groups is 8. The predicted molar refractivity (Wildman–Crippen MR) is 286 cm³/mol. The predicted octanol–water partition coefficient (Wildman–Crippen LogP) is 9.67. The summed E-state index contributed by atoms with van der Waals surface area (Å²) in [5.41, 5.74) is 0. The van der Waals surface area contributed by atoms with E-state index in [1.54, 1.807) is 6.08 Å². The lowest BCUT2D eigenvalue weighted by atomic mass is 9.97. The molecule has 0 aromatic heterocycles. The smallest absolute Gasteiger partial charge is 0.220 e. The van der Waals surface area contributed by atoms with Gasteiger partial charge in [0.25, 0.3) is 0 Å². The van der Waals surface area contributed by atoms with Crippen molar-refractivity contribution in [2.75, 3.05) is 19.8 Å². The molecule has 424 valence electrons. The third-order valence-electron chi connectivity index (χ3n) is 14.6. The second-order valence-corrected chi connectivity index (χ2v) is 21.1. The molecule has 0 spiro atoms. The number of amides is 1. The summed E-state index contributed by atoms with van der Waals surface area (Å²) in [6.07, 6.45) is 35.6. The van der Waals surface area contributed by atoms with Crippen LogP contribution in [0, 0.1) is 0 Å². The fourth-order valence-corrected chi connectivity index (χ4v) is 9.84. The van der Waals surface area contributed by atoms with Crippen LogP contribution in [0.4, 0.5) is 0 Å². The van der Waals surface area contributed by atoms with Gasteiger partial charge in [0, 0.05) is 6.42 Å². The van der Waals surface area contributed by atoms with Crippen molar-refractivity contribution >= 4 is 5.91 Å². The van der Waals surface area contributed by atoms with Crippen molar-refractivity contribution in [1.82, 2.24) is 5.32 Å². The Bertz CT molecular complexity index is 1300. The number of carbonyl (C=O) groups excluding carboxylic acids is 1. The highest BCUT2D eigenvalue weighted by molar-refractivity contribution is 5.76. The molecule has 0 radical (unpaired) electrons. The zero-order valence-electron chi connectivity index (χ0n) is 45.4. The lowest BCUT2D eigenvalue weighted by Crippen LogP contribution is -2.65. The minimum absolute atomic E-state index is 0.248. The largest absolute Gasteiger partial charge is 0.394 e. The van der Waals surface area contributed by atoms with Crippen molar-refractivity contribution in [2.45, 2.75) is 319 Å². The van der Waals surface area contributed by atoms with Gasteiger partial charge in [-0.3, -0.25) is 4.79 Å². The maximum atomic E-state index is 13.2. The van der Waals surface area contributed by atoms with Crippen LogP contribution in [0.25, 0.3) is 0 Å². The molecule has 2 fully saturated rings. The van der Waals surface area contributed by atoms with Crippen LogP contribution in [0.5, 0.6) is 0 Å². The van der Waals surface area contributed by atoms with E-state index >= 15 is 0 Å². The zero-order valence-corrected chi connectivity index (χ0v) is 45.4. The van der Waals surface area contributed by atoms with Crippen LogP contribution < -0.4 is 5.32 Å². The van der Waals surface area contributed by atoms with Crippen LogP contribution >= 0.6 is 0 Å². The molecule has 2 rings (SSSR count). The first kappa shape index (κ1) is 66.6. The standard InChI is InChI=1S/C58H109NO13/c1-3-5-7-9-11-13-14-15-16-17-18-19-20-21-22-23-24-25-26-27-28-29-30-31-32-34-36-38-40-42-50(63)59-46(47(62)41-39-37-35-33-12-10-8-6-4-2)45-69-57-55(68)53(66)56(49(44-61)71-57)72-58-54(67)52(65)51(64)48(43-60)70-58/h12,33,39,41,46-49,51-58,60-62,64-68H,3-11,13-32,34-38,40,42-45H2,1-2H3,(H,59,63)/b33-12+,41-39+.